The van der Waals surface area contributed by atoms with E-state index in [2.05, 4.69) is 115 Å². The van der Waals surface area contributed by atoms with Crippen molar-refractivity contribution in [2.24, 2.45) is 0 Å². The first-order valence-corrected chi connectivity index (χ1v) is 18.3. The Hall–Kier alpha value is -7.50. The molecule has 3 heterocycles. The average molecular weight is 705 g/mol. The van der Waals surface area contributed by atoms with Crippen molar-refractivity contribution < 1.29 is 4.42 Å². The van der Waals surface area contributed by atoms with Crippen molar-refractivity contribution in [1.29, 1.82) is 0 Å². The maximum absolute atomic E-state index is 6.17. The Kier molecular flexibility index (Phi) is 8.08. The van der Waals surface area contributed by atoms with Gasteiger partial charge in [-0.25, -0.2) is 19.9 Å². The molecule has 0 radical (unpaired) electrons. The van der Waals surface area contributed by atoms with Gasteiger partial charge in [-0.05, 0) is 58.7 Å². The first-order chi connectivity index (χ1) is 27.2. The van der Waals surface area contributed by atoms with Crippen molar-refractivity contribution in [3.63, 3.8) is 0 Å². The SMILES string of the molecule is c1ccc(-c2cc(-c3ccc4oc5ccccc5c4c3)cc(-c3ccccc3-c3cccc(-c4nc(-c5ccccc5)nc(-c5ccccc5)n4)c3)n2)cc1. The molecule has 7 aromatic carbocycles. The molecule has 0 aliphatic carbocycles. The van der Waals surface area contributed by atoms with Gasteiger partial charge in [0.1, 0.15) is 11.2 Å². The molecule has 0 saturated carbocycles. The van der Waals surface area contributed by atoms with Gasteiger partial charge < -0.3 is 4.42 Å². The molecule has 5 nitrogen and oxygen atoms in total. The van der Waals surface area contributed by atoms with Crippen LogP contribution in [-0.2, 0) is 0 Å². The third-order valence-corrected chi connectivity index (χ3v) is 9.94. The molecule has 0 atom stereocenters. The van der Waals surface area contributed by atoms with Gasteiger partial charge in [-0.2, -0.15) is 0 Å². The lowest BCUT2D eigenvalue weighted by molar-refractivity contribution is 0.669. The van der Waals surface area contributed by atoms with Crippen LogP contribution in [0, 0.1) is 0 Å². The number of nitrogens with zero attached hydrogens (tertiary/aromatic N) is 4. The summed E-state index contributed by atoms with van der Waals surface area (Å²) in [5.41, 5.74) is 12.7. The van der Waals surface area contributed by atoms with E-state index in [-0.39, 0.29) is 0 Å². The normalized spacial score (nSPS) is 11.3. The lowest BCUT2D eigenvalue weighted by Crippen LogP contribution is -2.00. The molecule has 0 bridgehead atoms. The molecule has 0 amide bonds. The maximum Gasteiger partial charge on any atom is 0.164 e. The molecule has 10 rings (SSSR count). The van der Waals surface area contributed by atoms with Crippen LogP contribution >= 0.6 is 0 Å². The number of fused-ring (bicyclic) bond motifs is 3. The third kappa shape index (κ3) is 6.24. The molecule has 10 aromatic rings. The fourth-order valence-electron chi connectivity index (χ4n) is 7.22. The fraction of sp³-hybridized carbons (Fsp3) is 0. The molecular weight excluding hydrogens is 673 g/mol. The van der Waals surface area contributed by atoms with E-state index >= 15 is 0 Å². The second-order valence-corrected chi connectivity index (χ2v) is 13.5. The minimum atomic E-state index is 0.612. The van der Waals surface area contributed by atoms with E-state index in [9.17, 15) is 0 Å². The summed E-state index contributed by atoms with van der Waals surface area (Å²) in [4.78, 5) is 20.2. The summed E-state index contributed by atoms with van der Waals surface area (Å²) in [7, 11) is 0. The van der Waals surface area contributed by atoms with E-state index in [1.165, 1.54) is 0 Å². The number of aromatic nitrogens is 4. The minimum Gasteiger partial charge on any atom is -0.456 e. The van der Waals surface area contributed by atoms with Crippen molar-refractivity contribution in [2.75, 3.05) is 0 Å². The van der Waals surface area contributed by atoms with Gasteiger partial charge in [0.2, 0.25) is 0 Å². The number of rotatable bonds is 7. The van der Waals surface area contributed by atoms with Gasteiger partial charge >= 0.3 is 0 Å². The summed E-state index contributed by atoms with van der Waals surface area (Å²) in [5, 5.41) is 2.20. The van der Waals surface area contributed by atoms with Crippen molar-refractivity contribution >= 4 is 21.9 Å². The van der Waals surface area contributed by atoms with Crippen LogP contribution in [0.15, 0.2) is 199 Å². The zero-order chi connectivity index (χ0) is 36.6. The predicted octanol–water partition coefficient (Wildman–Crippen LogP) is 12.8. The summed E-state index contributed by atoms with van der Waals surface area (Å²) in [6.45, 7) is 0. The molecule has 0 unspecified atom stereocenters. The molecule has 0 aliphatic rings. The van der Waals surface area contributed by atoms with E-state index < -0.39 is 0 Å². The van der Waals surface area contributed by atoms with E-state index in [0.717, 1.165) is 83.4 Å². The predicted molar refractivity (Wildman–Crippen MR) is 223 cm³/mol. The Balaban J connectivity index is 1.11. The van der Waals surface area contributed by atoms with Crippen molar-refractivity contribution in [3.05, 3.63) is 194 Å². The first-order valence-electron chi connectivity index (χ1n) is 18.3. The highest BCUT2D eigenvalue weighted by Crippen LogP contribution is 2.38. The summed E-state index contributed by atoms with van der Waals surface area (Å²) >= 11 is 0. The Morgan fingerprint density at radius 2 is 0.800 bits per heavy atom. The summed E-state index contributed by atoms with van der Waals surface area (Å²) in [5.74, 6) is 1.87. The van der Waals surface area contributed by atoms with Gasteiger partial charge in [-0.3, -0.25) is 0 Å². The number of benzene rings is 7. The summed E-state index contributed by atoms with van der Waals surface area (Å²) in [6, 6.07) is 66.4. The van der Waals surface area contributed by atoms with E-state index in [4.69, 9.17) is 24.4 Å². The van der Waals surface area contributed by atoms with Gasteiger partial charge in [0.25, 0.3) is 0 Å². The van der Waals surface area contributed by atoms with Gasteiger partial charge in [0, 0.05) is 38.6 Å². The molecule has 0 aliphatic heterocycles. The van der Waals surface area contributed by atoms with Crippen LogP contribution in [0.5, 0.6) is 0 Å². The Morgan fingerprint density at radius 1 is 0.273 bits per heavy atom. The number of hydrogen-bond acceptors (Lipinski definition) is 5. The molecule has 3 aromatic heterocycles. The van der Waals surface area contributed by atoms with Crippen LogP contribution in [0.2, 0.25) is 0 Å². The lowest BCUT2D eigenvalue weighted by Gasteiger charge is -2.14. The van der Waals surface area contributed by atoms with Crippen LogP contribution in [0.25, 0.3) is 101 Å². The molecule has 5 heteroatoms. The van der Waals surface area contributed by atoms with Crippen molar-refractivity contribution in [1.82, 2.24) is 19.9 Å². The van der Waals surface area contributed by atoms with Crippen LogP contribution in [0.4, 0.5) is 0 Å². The van der Waals surface area contributed by atoms with E-state index in [1.807, 2.05) is 78.9 Å². The van der Waals surface area contributed by atoms with Crippen molar-refractivity contribution in [3.8, 4) is 78.9 Å². The lowest BCUT2D eigenvalue weighted by atomic mass is 9.93. The quantitative estimate of drug-likeness (QED) is 0.165. The van der Waals surface area contributed by atoms with Gasteiger partial charge in [0.15, 0.2) is 17.5 Å². The zero-order valence-corrected chi connectivity index (χ0v) is 29.7. The highest BCUT2D eigenvalue weighted by atomic mass is 16.3. The Labute approximate surface area is 318 Å². The zero-order valence-electron chi connectivity index (χ0n) is 29.7. The van der Waals surface area contributed by atoms with Crippen LogP contribution in [-0.4, -0.2) is 19.9 Å². The third-order valence-electron chi connectivity index (χ3n) is 9.94. The van der Waals surface area contributed by atoms with Crippen LogP contribution < -0.4 is 0 Å². The van der Waals surface area contributed by atoms with Gasteiger partial charge in [-0.1, -0.05) is 158 Å². The monoisotopic (exact) mass is 704 g/mol. The molecule has 0 spiro atoms. The minimum absolute atomic E-state index is 0.612. The first kappa shape index (κ1) is 32.2. The summed E-state index contributed by atoms with van der Waals surface area (Å²) in [6.07, 6.45) is 0. The smallest absolute Gasteiger partial charge is 0.164 e. The van der Waals surface area contributed by atoms with Crippen LogP contribution in [0.3, 0.4) is 0 Å². The summed E-state index contributed by atoms with van der Waals surface area (Å²) < 4.78 is 6.17. The Bertz CT molecular complexity index is 2920. The maximum atomic E-state index is 6.17. The number of pyridine rings is 1. The largest absolute Gasteiger partial charge is 0.456 e. The molecule has 258 valence electrons. The fourth-order valence-corrected chi connectivity index (χ4v) is 7.22. The standard InChI is InChI=1S/C50H32N4O/c1-4-15-33(16-5-1)44-31-39(36-27-28-47-43(30-36)42-25-12-13-26-46(42)55-47)32-45(51-44)41-24-11-10-23-40(41)37-21-14-22-38(29-37)50-53-48(34-17-6-2-7-18-34)52-49(54-50)35-19-8-3-9-20-35/h1-32H. The highest BCUT2D eigenvalue weighted by molar-refractivity contribution is 6.06. The van der Waals surface area contributed by atoms with Gasteiger partial charge in [0.05, 0.1) is 11.4 Å². The topological polar surface area (TPSA) is 64.7 Å². The van der Waals surface area contributed by atoms with E-state index in [0.29, 0.717) is 17.5 Å². The Morgan fingerprint density at radius 3 is 1.51 bits per heavy atom. The average Bonchev–Trinajstić information content (AvgIpc) is 3.65. The van der Waals surface area contributed by atoms with Crippen LogP contribution in [0.1, 0.15) is 0 Å². The molecule has 0 N–H and O–H groups in total. The van der Waals surface area contributed by atoms with E-state index in [1.54, 1.807) is 0 Å². The van der Waals surface area contributed by atoms with Crippen molar-refractivity contribution in [2.45, 2.75) is 0 Å². The molecule has 0 saturated heterocycles. The number of hydrogen-bond donors (Lipinski definition) is 0. The molecule has 0 fully saturated rings. The number of furan rings is 1. The highest BCUT2D eigenvalue weighted by Gasteiger charge is 2.17. The second kappa shape index (κ2) is 13.8. The second-order valence-electron chi connectivity index (χ2n) is 13.5. The number of para-hydroxylation sites is 1. The van der Waals surface area contributed by atoms with Gasteiger partial charge in [-0.15, -0.1) is 0 Å². The molecule has 55 heavy (non-hydrogen) atoms. The molecular formula is C50H32N4O.